The number of carbonyl (C=O) groups excluding carboxylic acids is 1. The second-order valence-corrected chi connectivity index (χ2v) is 6.08. The van der Waals surface area contributed by atoms with Crippen molar-refractivity contribution in [2.75, 3.05) is 0 Å². The minimum absolute atomic E-state index is 0.105. The smallest absolute Gasteiger partial charge is 0.306 e. The lowest BCUT2D eigenvalue weighted by Gasteiger charge is -2.13. The Kier molecular flexibility index (Phi) is 4.55. The summed E-state index contributed by atoms with van der Waals surface area (Å²) in [5, 5.41) is 11.9. The van der Waals surface area contributed by atoms with E-state index in [0.717, 1.165) is 5.56 Å². The molecular formula is C18H19N3O3. The van der Waals surface area contributed by atoms with Crippen molar-refractivity contribution >= 4 is 11.9 Å². The Labute approximate surface area is 140 Å². The van der Waals surface area contributed by atoms with E-state index < -0.39 is 5.97 Å². The van der Waals surface area contributed by atoms with Crippen LogP contribution in [-0.2, 0) is 4.79 Å². The first-order valence-electron chi connectivity index (χ1n) is 7.97. The first-order valence-corrected chi connectivity index (χ1v) is 7.97. The second kappa shape index (κ2) is 6.78. The fourth-order valence-corrected chi connectivity index (χ4v) is 3.02. The van der Waals surface area contributed by atoms with Crippen LogP contribution in [0.15, 0.2) is 36.5 Å². The Hall–Kier alpha value is -2.76. The number of aliphatic carboxylic acids is 1. The Bertz CT molecular complexity index is 761. The van der Waals surface area contributed by atoms with E-state index in [1.807, 2.05) is 30.3 Å². The van der Waals surface area contributed by atoms with Gasteiger partial charge in [-0.15, -0.1) is 0 Å². The number of benzene rings is 1. The minimum Gasteiger partial charge on any atom is -0.481 e. The van der Waals surface area contributed by atoms with Gasteiger partial charge in [-0.2, -0.15) is 0 Å². The molecule has 1 heterocycles. The third-order valence-corrected chi connectivity index (χ3v) is 4.37. The summed E-state index contributed by atoms with van der Waals surface area (Å²) >= 11 is 0. The third kappa shape index (κ3) is 3.42. The lowest BCUT2D eigenvalue weighted by molar-refractivity contribution is -0.141. The molecule has 6 heteroatoms. The van der Waals surface area contributed by atoms with E-state index in [4.69, 9.17) is 5.11 Å². The highest BCUT2D eigenvalue weighted by Crippen LogP contribution is 2.26. The van der Waals surface area contributed by atoms with E-state index in [2.05, 4.69) is 15.3 Å². The number of amides is 1. The lowest BCUT2D eigenvalue weighted by atomic mass is 10.1. The predicted octanol–water partition coefficient (Wildman–Crippen LogP) is 2.44. The number of carbonyl (C=O) groups is 2. The number of carboxylic acid groups (broad SMARTS) is 1. The van der Waals surface area contributed by atoms with Crippen LogP contribution in [-0.4, -0.2) is 33.0 Å². The van der Waals surface area contributed by atoms with Gasteiger partial charge in [0.2, 0.25) is 0 Å². The van der Waals surface area contributed by atoms with Gasteiger partial charge in [0.15, 0.2) is 5.82 Å². The molecule has 1 aromatic heterocycles. The van der Waals surface area contributed by atoms with E-state index in [1.165, 1.54) is 6.20 Å². The van der Waals surface area contributed by atoms with Gasteiger partial charge >= 0.3 is 5.97 Å². The largest absolute Gasteiger partial charge is 0.481 e. The van der Waals surface area contributed by atoms with Crippen LogP contribution in [0.2, 0.25) is 0 Å². The van der Waals surface area contributed by atoms with Gasteiger partial charge in [0.05, 0.1) is 17.2 Å². The maximum atomic E-state index is 12.4. The molecule has 1 aliphatic rings. The normalized spacial score (nSPS) is 19.9. The third-order valence-electron chi connectivity index (χ3n) is 4.37. The first kappa shape index (κ1) is 16.1. The van der Waals surface area contributed by atoms with Crippen molar-refractivity contribution < 1.29 is 14.7 Å². The van der Waals surface area contributed by atoms with Crippen LogP contribution in [0.1, 0.15) is 35.3 Å². The van der Waals surface area contributed by atoms with Gasteiger partial charge in [-0.25, -0.2) is 9.97 Å². The molecular weight excluding hydrogens is 306 g/mol. The van der Waals surface area contributed by atoms with Crippen molar-refractivity contribution in [1.82, 2.24) is 15.3 Å². The van der Waals surface area contributed by atoms with Crippen molar-refractivity contribution in [2.24, 2.45) is 5.92 Å². The molecule has 2 atom stereocenters. The SMILES string of the molecule is Cc1nc(-c2ccccc2)ncc1C(=O)N[C@@H]1CC[C@H](C(=O)O)C1. The maximum Gasteiger partial charge on any atom is 0.306 e. The number of carboxylic acids is 1. The molecule has 1 saturated carbocycles. The molecule has 1 amide bonds. The fraction of sp³-hybridized carbons (Fsp3) is 0.333. The number of hydrogen-bond acceptors (Lipinski definition) is 4. The minimum atomic E-state index is -0.793. The maximum absolute atomic E-state index is 12.4. The summed E-state index contributed by atoms with van der Waals surface area (Å²) in [6.07, 6.45) is 3.29. The summed E-state index contributed by atoms with van der Waals surface area (Å²) in [6, 6.07) is 9.47. The molecule has 1 aromatic carbocycles. The first-order chi connectivity index (χ1) is 11.5. The Morgan fingerprint density at radius 3 is 2.58 bits per heavy atom. The fourth-order valence-electron chi connectivity index (χ4n) is 3.02. The molecule has 6 nitrogen and oxygen atoms in total. The average molecular weight is 325 g/mol. The molecule has 24 heavy (non-hydrogen) atoms. The molecule has 1 aliphatic carbocycles. The molecule has 0 bridgehead atoms. The molecule has 2 aromatic rings. The molecule has 2 N–H and O–H groups in total. The van der Waals surface area contributed by atoms with Crippen LogP contribution < -0.4 is 5.32 Å². The van der Waals surface area contributed by atoms with Gasteiger partial charge < -0.3 is 10.4 Å². The van der Waals surface area contributed by atoms with Crippen LogP contribution in [0.3, 0.4) is 0 Å². The van der Waals surface area contributed by atoms with Crippen LogP contribution in [0.5, 0.6) is 0 Å². The second-order valence-electron chi connectivity index (χ2n) is 6.08. The summed E-state index contributed by atoms with van der Waals surface area (Å²) in [7, 11) is 0. The van der Waals surface area contributed by atoms with Gasteiger partial charge in [-0.1, -0.05) is 30.3 Å². The standard InChI is InChI=1S/C18H19N3O3/c1-11-15(10-19-16(20-11)12-5-3-2-4-6-12)17(22)21-14-8-7-13(9-14)18(23)24/h2-6,10,13-14H,7-9H2,1H3,(H,21,22)(H,23,24)/t13-,14+/m0/s1. The van der Waals surface area contributed by atoms with E-state index in [0.29, 0.717) is 36.3 Å². The van der Waals surface area contributed by atoms with Crippen molar-refractivity contribution in [3.8, 4) is 11.4 Å². The zero-order valence-corrected chi connectivity index (χ0v) is 13.4. The van der Waals surface area contributed by atoms with E-state index in [1.54, 1.807) is 6.92 Å². The Morgan fingerprint density at radius 2 is 1.96 bits per heavy atom. The Morgan fingerprint density at radius 1 is 1.21 bits per heavy atom. The lowest BCUT2D eigenvalue weighted by Crippen LogP contribution is -2.34. The molecule has 0 spiro atoms. The van der Waals surface area contributed by atoms with Gasteiger partial charge in [-0.3, -0.25) is 9.59 Å². The number of nitrogens with zero attached hydrogens (tertiary/aromatic N) is 2. The highest BCUT2D eigenvalue weighted by atomic mass is 16.4. The zero-order chi connectivity index (χ0) is 17.1. The summed E-state index contributed by atoms with van der Waals surface area (Å²) in [5.74, 6) is -0.828. The average Bonchev–Trinajstić information content (AvgIpc) is 3.04. The number of aromatic nitrogens is 2. The van der Waals surface area contributed by atoms with Crippen LogP contribution >= 0.6 is 0 Å². The van der Waals surface area contributed by atoms with Gasteiger partial charge in [0.1, 0.15) is 0 Å². The van der Waals surface area contributed by atoms with E-state index >= 15 is 0 Å². The topological polar surface area (TPSA) is 92.2 Å². The van der Waals surface area contributed by atoms with Crippen LogP contribution in [0, 0.1) is 12.8 Å². The summed E-state index contributed by atoms with van der Waals surface area (Å²) in [4.78, 5) is 32.1. The van der Waals surface area contributed by atoms with Crippen LogP contribution in [0.25, 0.3) is 11.4 Å². The number of nitrogens with one attached hydrogen (secondary N) is 1. The molecule has 0 unspecified atom stereocenters. The molecule has 124 valence electrons. The highest BCUT2D eigenvalue weighted by molar-refractivity contribution is 5.95. The number of rotatable bonds is 4. The molecule has 0 radical (unpaired) electrons. The van der Waals surface area contributed by atoms with Gasteiger partial charge in [-0.05, 0) is 26.2 Å². The van der Waals surface area contributed by atoms with Crippen LogP contribution in [0.4, 0.5) is 0 Å². The summed E-state index contributed by atoms with van der Waals surface area (Å²) < 4.78 is 0. The zero-order valence-electron chi connectivity index (χ0n) is 13.4. The number of aryl methyl sites for hydroxylation is 1. The summed E-state index contributed by atoms with van der Waals surface area (Å²) in [5.41, 5.74) is 1.93. The molecule has 0 saturated heterocycles. The van der Waals surface area contributed by atoms with Gasteiger partial charge in [0.25, 0.3) is 5.91 Å². The quantitative estimate of drug-likeness (QED) is 0.901. The molecule has 0 aliphatic heterocycles. The van der Waals surface area contributed by atoms with Crippen molar-refractivity contribution in [3.05, 3.63) is 47.8 Å². The number of hydrogen-bond donors (Lipinski definition) is 2. The molecule has 3 rings (SSSR count). The van der Waals surface area contributed by atoms with Gasteiger partial charge in [0, 0.05) is 17.8 Å². The predicted molar refractivity (Wildman–Crippen MR) is 88.4 cm³/mol. The highest BCUT2D eigenvalue weighted by Gasteiger charge is 2.31. The van der Waals surface area contributed by atoms with Crippen molar-refractivity contribution in [3.63, 3.8) is 0 Å². The Balaban J connectivity index is 1.71. The van der Waals surface area contributed by atoms with E-state index in [9.17, 15) is 9.59 Å². The van der Waals surface area contributed by atoms with Crippen molar-refractivity contribution in [1.29, 1.82) is 0 Å². The summed E-state index contributed by atoms with van der Waals surface area (Å²) in [6.45, 7) is 1.78. The molecule has 1 fully saturated rings. The van der Waals surface area contributed by atoms with Crippen molar-refractivity contribution in [2.45, 2.75) is 32.2 Å². The monoisotopic (exact) mass is 325 g/mol. The van der Waals surface area contributed by atoms with E-state index in [-0.39, 0.29) is 17.9 Å².